The Hall–Kier alpha value is -3.20. The quantitative estimate of drug-likeness (QED) is 0.640. The van der Waals surface area contributed by atoms with Gasteiger partial charge in [0.25, 0.3) is 0 Å². The molecule has 1 amide bonds. The highest BCUT2D eigenvalue weighted by atomic mass is 19.4. The van der Waals surface area contributed by atoms with Crippen LogP contribution in [0.2, 0.25) is 0 Å². The molecule has 1 aromatic heterocycles. The SMILES string of the molecule is O=C(Nc1ccc(C(F)(F)F)cc1)C1CCCN(Cc2nc(-c3ccccc3)no2)C1. The number of hydrogen-bond acceptors (Lipinski definition) is 5. The van der Waals surface area contributed by atoms with Crippen molar-refractivity contribution >= 4 is 11.6 Å². The van der Waals surface area contributed by atoms with Crippen LogP contribution in [0.5, 0.6) is 0 Å². The van der Waals surface area contributed by atoms with E-state index < -0.39 is 11.7 Å². The van der Waals surface area contributed by atoms with Gasteiger partial charge in [-0.1, -0.05) is 35.5 Å². The van der Waals surface area contributed by atoms with Crippen molar-refractivity contribution in [1.29, 1.82) is 0 Å². The number of piperidine rings is 1. The van der Waals surface area contributed by atoms with Crippen LogP contribution >= 0.6 is 0 Å². The number of amides is 1. The fourth-order valence-electron chi connectivity index (χ4n) is 3.61. The molecule has 1 unspecified atom stereocenters. The number of alkyl halides is 3. The Labute approximate surface area is 177 Å². The van der Waals surface area contributed by atoms with Crippen molar-refractivity contribution < 1.29 is 22.5 Å². The van der Waals surface area contributed by atoms with Crippen LogP contribution in [0, 0.1) is 5.92 Å². The van der Waals surface area contributed by atoms with Crippen LogP contribution in [-0.4, -0.2) is 34.0 Å². The summed E-state index contributed by atoms with van der Waals surface area (Å²) in [7, 11) is 0. The molecule has 6 nitrogen and oxygen atoms in total. The Bertz CT molecular complexity index is 1020. The van der Waals surface area contributed by atoms with E-state index in [2.05, 4.69) is 20.4 Å². The molecule has 0 spiro atoms. The van der Waals surface area contributed by atoms with E-state index in [9.17, 15) is 18.0 Å². The minimum Gasteiger partial charge on any atom is -0.338 e. The lowest BCUT2D eigenvalue weighted by atomic mass is 9.97. The molecule has 0 bridgehead atoms. The second-order valence-electron chi connectivity index (χ2n) is 7.52. The molecule has 2 aromatic carbocycles. The molecule has 9 heteroatoms. The molecule has 0 radical (unpaired) electrons. The summed E-state index contributed by atoms with van der Waals surface area (Å²) in [4.78, 5) is 19.1. The highest BCUT2D eigenvalue weighted by molar-refractivity contribution is 5.92. The number of halogens is 3. The van der Waals surface area contributed by atoms with Crippen LogP contribution in [0.4, 0.5) is 18.9 Å². The maximum Gasteiger partial charge on any atom is 0.416 e. The van der Waals surface area contributed by atoms with E-state index in [4.69, 9.17) is 4.52 Å². The number of aromatic nitrogens is 2. The second kappa shape index (κ2) is 8.89. The summed E-state index contributed by atoms with van der Waals surface area (Å²) in [6, 6.07) is 14.0. The van der Waals surface area contributed by atoms with Crippen LogP contribution in [-0.2, 0) is 17.5 Å². The summed E-state index contributed by atoms with van der Waals surface area (Å²) in [5.74, 6) is 0.513. The molecule has 31 heavy (non-hydrogen) atoms. The van der Waals surface area contributed by atoms with Gasteiger partial charge in [-0.2, -0.15) is 18.2 Å². The first-order valence-corrected chi connectivity index (χ1v) is 9.97. The molecule has 1 saturated heterocycles. The first-order valence-electron chi connectivity index (χ1n) is 9.97. The Balaban J connectivity index is 1.34. The smallest absolute Gasteiger partial charge is 0.338 e. The number of nitrogens with zero attached hydrogens (tertiary/aromatic N) is 3. The Morgan fingerprint density at radius 1 is 1.13 bits per heavy atom. The van der Waals surface area contributed by atoms with E-state index in [-0.39, 0.29) is 11.8 Å². The van der Waals surface area contributed by atoms with Gasteiger partial charge in [0, 0.05) is 17.8 Å². The number of carbonyl (C=O) groups excluding carboxylic acids is 1. The molecule has 1 atom stereocenters. The van der Waals surface area contributed by atoms with Gasteiger partial charge in [-0.3, -0.25) is 9.69 Å². The van der Waals surface area contributed by atoms with Crippen molar-refractivity contribution in [2.45, 2.75) is 25.6 Å². The molecule has 1 N–H and O–H groups in total. The molecule has 1 aliphatic heterocycles. The predicted molar refractivity (Wildman–Crippen MR) is 108 cm³/mol. The summed E-state index contributed by atoms with van der Waals surface area (Å²) in [6.45, 7) is 1.74. The van der Waals surface area contributed by atoms with Gasteiger partial charge in [0.1, 0.15) is 0 Å². The summed E-state index contributed by atoms with van der Waals surface area (Å²) < 4.78 is 43.4. The van der Waals surface area contributed by atoms with Crippen LogP contribution in [0.15, 0.2) is 59.1 Å². The van der Waals surface area contributed by atoms with E-state index in [0.717, 1.165) is 30.7 Å². The van der Waals surface area contributed by atoms with Gasteiger partial charge in [-0.25, -0.2) is 0 Å². The average molecular weight is 430 g/mol. The van der Waals surface area contributed by atoms with Gasteiger partial charge >= 0.3 is 6.18 Å². The van der Waals surface area contributed by atoms with Gasteiger partial charge in [0.15, 0.2) is 0 Å². The third-order valence-electron chi connectivity index (χ3n) is 5.22. The number of anilines is 1. The number of carbonyl (C=O) groups is 1. The number of benzene rings is 2. The first-order chi connectivity index (χ1) is 14.9. The number of rotatable bonds is 5. The zero-order chi connectivity index (χ0) is 21.8. The molecule has 0 saturated carbocycles. The van der Waals surface area contributed by atoms with Gasteiger partial charge < -0.3 is 9.84 Å². The van der Waals surface area contributed by atoms with Crippen molar-refractivity contribution in [3.63, 3.8) is 0 Å². The summed E-state index contributed by atoms with van der Waals surface area (Å²) in [5, 5.41) is 6.73. The summed E-state index contributed by atoms with van der Waals surface area (Å²) in [5.41, 5.74) is 0.466. The molecule has 3 aromatic rings. The lowest BCUT2D eigenvalue weighted by molar-refractivity contribution is -0.137. The number of nitrogens with one attached hydrogen (secondary N) is 1. The Morgan fingerprint density at radius 3 is 2.58 bits per heavy atom. The minimum absolute atomic E-state index is 0.208. The van der Waals surface area contributed by atoms with Gasteiger partial charge in [0.05, 0.1) is 18.0 Å². The molecule has 2 heterocycles. The molecule has 162 valence electrons. The van der Waals surface area contributed by atoms with E-state index in [1.807, 2.05) is 30.3 Å². The van der Waals surface area contributed by atoms with Crippen molar-refractivity contribution in [3.8, 4) is 11.4 Å². The summed E-state index contributed by atoms with van der Waals surface area (Å²) >= 11 is 0. The molecule has 4 rings (SSSR count). The second-order valence-corrected chi connectivity index (χ2v) is 7.52. The van der Waals surface area contributed by atoms with Crippen LogP contribution in [0.1, 0.15) is 24.3 Å². The normalized spacial score (nSPS) is 17.5. The van der Waals surface area contributed by atoms with Crippen LogP contribution in [0.25, 0.3) is 11.4 Å². The minimum atomic E-state index is -4.40. The van der Waals surface area contributed by atoms with Gasteiger partial charge in [-0.15, -0.1) is 0 Å². The van der Waals surface area contributed by atoms with Crippen molar-refractivity contribution in [2.75, 3.05) is 18.4 Å². The zero-order valence-electron chi connectivity index (χ0n) is 16.6. The topological polar surface area (TPSA) is 71.3 Å². The predicted octanol–water partition coefficient (Wildman–Crippen LogP) is 4.61. The van der Waals surface area contributed by atoms with E-state index in [1.165, 1.54) is 12.1 Å². The van der Waals surface area contributed by atoms with Crippen molar-refractivity contribution in [1.82, 2.24) is 15.0 Å². The first kappa shape index (κ1) is 21.0. The van der Waals surface area contributed by atoms with Crippen molar-refractivity contribution in [2.24, 2.45) is 5.92 Å². The molecule has 1 aliphatic rings. The van der Waals surface area contributed by atoms with Crippen LogP contribution < -0.4 is 5.32 Å². The third kappa shape index (κ3) is 5.29. The Kier molecular flexibility index (Phi) is 6.03. The summed E-state index contributed by atoms with van der Waals surface area (Å²) in [6.07, 6.45) is -2.87. The molecule has 1 fully saturated rings. The highest BCUT2D eigenvalue weighted by Crippen LogP contribution is 2.30. The maximum atomic E-state index is 12.7. The standard InChI is InChI=1S/C22H21F3N4O2/c23-22(24,25)17-8-10-18(11-9-17)26-21(30)16-7-4-12-29(13-16)14-19-27-20(28-31-19)15-5-2-1-3-6-15/h1-3,5-6,8-11,16H,4,7,12-14H2,(H,26,30). The van der Waals surface area contributed by atoms with Gasteiger partial charge in [-0.05, 0) is 43.7 Å². The molecule has 0 aliphatic carbocycles. The largest absolute Gasteiger partial charge is 0.416 e. The Morgan fingerprint density at radius 2 is 1.87 bits per heavy atom. The van der Waals surface area contributed by atoms with E-state index >= 15 is 0 Å². The lowest BCUT2D eigenvalue weighted by Gasteiger charge is -2.30. The number of likely N-dealkylation sites (tertiary alicyclic amines) is 1. The van der Waals surface area contributed by atoms with Gasteiger partial charge in [0.2, 0.25) is 17.6 Å². The average Bonchev–Trinajstić information content (AvgIpc) is 3.23. The fraction of sp³-hybridized carbons (Fsp3) is 0.318. The van der Waals surface area contributed by atoms with E-state index in [1.54, 1.807) is 0 Å². The molecular formula is C22H21F3N4O2. The molecular weight excluding hydrogens is 409 g/mol. The highest BCUT2D eigenvalue weighted by Gasteiger charge is 2.30. The lowest BCUT2D eigenvalue weighted by Crippen LogP contribution is -2.40. The maximum absolute atomic E-state index is 12.7. The number of hydrogen-bond donors (Lipinski definition) is 1. The van der Waals surface area contributed by atoms with E-state index in [0.29, 0.717) is 36.9 Å². The fourth-order valence-corrected chi connectivity index (χ4v) is 3.61. The van der Waals surface area contributed by atoms with Crippen molar-refractivity contribution in [3.05, 3.63) is 66.1 Å². The monoisotopic (exact) mass is 430 g/mol. The van der Waals surface area contributed by atoms with Crippen LogP contribution in [0.3, 0.4) is 0 Å². The third-order valence-corrected chi connectivity index (χ3v) is 5.22. The zero-order valence-corrected chi connectivity index (χ0v) is 16.6.